The first-order chi connectivity index (χ1) is 8.70. The predicted molar refractivity (Wildman–Crippen MR) is 70.2 cm³/mol. The van der Waals surface area contributed by atoms with Crippen LogP contribution in [0.3, 0.4) is 0 Å². The molecule has 0 atom stereocenters. The second-order valence-electron chi connectivity index (χ2n) is 4.17. The molecule has 5 heteroatoms. The van der Waals surface area contributed by atoms with Gasteiger partial charge in [-0.05, 0) is 24.6 Å². The Morgan fingerprint density at radius 1 is 1.17 bits per heavy atom. The molecule has 0 aliphatic carbocycles. The predicted octanol–water partition coefficient (Wildman–Crippen LogP) is 1.79. The van der Waals surface area contributed by atoms with E-state index in [-0.39, 0.29) is 0 Å². The van der Waals surface area contributed by atoms with Crippen LogP contribution < -0.4 is 16.0 Å². The molecule has 5 nitrogen and oxygen atoms in total. The van der Waals surface area contributed by atoms with Gasteiger partial charge in [0.1, 0.15) is 5.75 Å². The lowest BCUT2D eigenvalue weighted by molar-refractivity contribution is 0.306. The highest BCUT2D eigenvalue weighted by Crippen LogP contribution is 2.16. The number of aromatic amines is 2. The van der Waals surface area contributed by atoms with Crippen molar-refractivity contribution in [2.24, 2.45) is 0 Å². The Hall–Kier alpha value is -2.04. The van der Waals surface area contributed by atoms with Crippen molar-refractivity contribution in [2.45, 2.75) is 26.2 Å². The lowest BCUT2D eigenvalue weighted by Gasteiger charge is -2.06. The number of nitrogens with one attached hydrogen (secondary N) is 2. The molecule has 1 aromatic carbocycles. The zero-order chi connectivity index (χ0) is 13.0. The molecule has 18 heavy (non-hydrogen) atoms. The third kappa shape index (κ3) is 2.80. The van der Waals surface area contributed by atoms with Gasteiger partial charge >= 0.3 is 5.69 Å². The molecule has 0 spiro atoms. The van der Waals surface area contributed by atoms with E-state index in [0.29, 0.717) is 23.3 Å². The molecular formula is C13H16N2O3. The molecule has 1 heterocycles. The van der Waals surface area contributed by atoms with Crippen LogP contribution in [0.15, 0.2) is 27.8 Å². The van der Waals surface area contributed by atoms with Crippen LogP contribution in [-0.2, 0) is 0 Å². The smallest absolute Gasteiger partial charge is 0.326 e. The first-order valence-electron chi connectivity index (χ1n) is 6.10. The van der Waals surface area contributed by atoms with Gasteiger partial charge < -0.3 is 9.72 Å². The van der Waals surface area contributed by atoms with E-state index in [9.17, 15) is 9.59 Å². The fourth-order valence-electron chi connectivity index (χ4n) is 1.78. The van der Waals surface area contributed by atoms with Crippen molar-refractivity contribution in [2.75, 3.05) is 6.61 Å². The van der Waals surface area contributed by atoms with Crippen LogP contribution in [0.4, 0.5) is 0 Å². The molecule has 0 unspecified atom stereocenters. The third-order valence-corrected chi connectivity index (χ3v) is 2.73. The van der Waals surface area contributed by atoms with Gasteiger partial charge in [0.05, 0.1) is 17.5 Å². The van der Waals surface area contributed by atoms with Gasteiger partial charge in [-0.25, -0.2) is 4.79 Å². The summed E-state index contributed by atoms with van der Waals surface area (Å²) in [5, 5.41) is 0.433. The van der Waals surface area contributed by atoms with E-state index >= 15 is 0 Å². The van der Waals surface area contributed by atoms with E-state index in [2.05, 4.69) is 16.9 Å². The van der Waals surface area contributed by atoms with Crippen molar-refractivity contribution in [1.82, 2.24) is 9.97 Å². The lowest BCUT2D eigenvalue weighted by Crippen LogP contribution is -2.21. The minimum Gasteiger partial charge on any atom is -0.494 e. The molecule has 0 amide bonds. The highest BCUT2D eigenvalue weighted by atomic mass is 16.5. The normalized spacial score (nSPS) is 10.7. The maximum atomic E-state index is 11.6. The molecule has 2 N–H and O–H groups in total. The quantitative estimate of drug-likeness (QED) is 0.792. The van der Waals surface area contributed by atoms with E-state index in [1.165, 1.54) is 0 Å². The van der Waals surface area contributed by atoms with Crippen molar-refractivity contribution in [3.63, 3.8) is 0 Å². The summed E-state index contributed by atoms with van der Waals surface area (Å²) >= 11 is 0. The Morgan fingerprint density at radius 3 is 2.78 bits per heavy atom. The van der Waals surface area contributed by atoms with E-state index in [1.54, 1.807) is 18.2 Å². The Bertz CT molecular complexity index is 642. The Morgan fingerprint density at radius 2 is 2.00 bits per heavy atom. The number of benzene rings is 1. The SMILES string of the molecule is CCCCCOc1ccc2[nH]c(=O)[nH]c(=O)c2c1. The number of unbranched alkanes of at least 4 members (excludes halogenated alkanes) is 2. The number of fused-ring (bicyclic) bond motifs is 1. The summed E-state index contributed by atoms with van der Waals surface area (Å²) in [6.45, 7) is 2.77. The van der Waals surface area contributed by atoms with Crippen molar-refractivity contribution < 1.29 is 4.74 Å². The summed E-state index contributed by atoms with van der Waals surface area (Å²) in [6, 6.07) is 5.08. The maximum absolute atomic E-state index is 11.6. The minimum absolute atomic E-state index is 0.396. The molecular weight excluding hydrogens is 232 g/mol. The van der Waals surface area contributed by atoms with Crippen molar-refractivity contribution in [3.05, 3.63) is 39.0 Å². The molecule has 0 saturated heterocycles. The summed E-state index contributed by atoms with van der Waals surface area (Å²) in [4.78, 5) is 27.4. The summed E-state index contributed by atoms with van der Waals surface area (Å²) in [5.41, 5.74) is -0.374. The van der Waals surface area contributed by atoms with Gasteiger partial charge in [-0.1, -0.05) is 19.8 Å². The van der Waals surface area contributed by atoms with Gasteiger partial charge in [-0.3, -0.25) is 9.78 Å². The monoisotopic (exact) mass is 248 g/mol. The number of hydrogen-bond donors (Lipinski definition) is 2. The van der Waals surface area contributed by atoms with Crippen molar-refractivity contribution >= 4 is 10.9 Å². The molecule has 2 rings (SSSR count). The summed E-state index contributed by atoms with van der Waals surface area (Å²) in [6.07, 6.45) is 3.26. The molecule has 0 saturated carbocycles. The van der Waals surface area contributed by atoms with Crippen molar-refractivity contribution in [1.29, 1.82) is 0 Å². The molecule has 0 fully saturated rings. The Labute approximate surface area is 104 Å². The number of H-pyrrole nitrogens is 2. The number of aromatic nitrogens is 2. The van der Waals surface area contributed by atoms with Crippen LogP contribution in [-0.4, -0.2) is 16.6 Å². The highest BCUT2D eigenvalue weighted by Gasteiger charge is 2.02. The second-order valence-corrected chi connectivity index (χ2v) is 4.17. The van der Waals surface area contributed by atoms with Gasteiger partial charge in [0, 0.05) is 0 Å². The van der Waals surface area contributed by atoms with Crippen LogP contribution in [0.1, 0.15) is 26.2 Å². The van der Waals surface area contributed by atoms with E-state index in [0.717, 1.165) is 19.3 Å². The fourth-order valence-corrected chi connectivity index (χ4v) is 1.78. The molecule has 0 aliphatic rings. The van der Waals surface area contributed by atoms with Crippen LogP contribution in [0.25, 0.3) is 10.9 Å². The number of ether oxygens (including phenoxy) is 1. The zero-order valence-corrected chi connectivity index (χ0v) is 10.3. The fraction of sp³-hybridized carbons (Fsp3) is 0.385. The van der Waals surface area contributed by atoms with E-state index in [1.807, 2.05) is 0 Å². The highest BCUT2D eigenvalue weighted by molar-refractivity contribution is 5.78. The Kier molecular flexibility index (Phi) is 3.82. The third-order valence-electron chi connectivity index (χ3n) is 2.73. The van der Waals surface area contributed by atoms with Crippen LogP contribution in [0.2, 0.25) is 0 Å². The van der Waals surface area contributed by atoms with Gasteiger partial charge in [0.25, 0.3) is 5.56 Å². The topological polar surface area (TPSA) is 75.0 Å². The molecule has 0 radical (unpaired) electrons. The summed E-state index contributed by atoms with van der Waals surface area (Å²) in [7, 11) is 0. The molecule has 2 aromatic rings. The minimum atomic E-state index is -0.496. The zero-order valence-electron chi connectivity index (χ0n) is 10.3. The lowest BCUT2D eigenvalue weighted by atomic mass is 10.2. The van der Waals surface area contributed by atoms with E-state index in [4.69, 9.17) is 4.74 Å². The van der Waals surface area contributed by atoms with Crippen LogP contribution >= 0.6 is 0 Å². The number of hydrogen-bond acceptors (Lipinski definition) is 3. The molecule has 96 valence electrons. The van der Waals surface area contributed by atoms with Gasteiger partial charge in [0.2, 0.25) is 0 Å². The number of rotatable bonds is 5. The average Bonchev–Trinajstić information content (AvgIpc) is 2.35. The van der Waals surface area contributed by atoms with Gasteiger partial charge in [0.15, 0.2) is 0 Å². The van der Waals surface area contributed by atoms with Gasteiger partial charge in [-0.15, -0.1) is 0 Å². The van der Waals surface area contributed by atoms with Crippen LogP contribution in [0, 0.1) is 0 Å². The Balaban J connectivity index is 2.22. The van der Waals surface area contributed by atoms with E-state index < -0.39 is 11.2 Å². The summed E-state index contributed by atoms with van der Waals surface area (Å²) in [5.74, 6) is 0.649. The maximum Gasteiger partial charge on any atom is 0.326 e. The summed E-state index contributed by atoms with van der Waals surface area (Å²) < 4.78 is 5.56. The second kappa shape index (κ2) is 5.53. The van der Waals surface area contributed by atoms with Gasteiger partial charge in [-0.2, -0.15) is 0 Å². The standard InChI is InChI=1S/C13H16N2O3/c1-2-3-4-7-18-9-5-6-11-10(8-9)12(16)15-13(17)14-11/h5-6,8H,2-4,7H2,1H3,(H2,14,15,16,17). The molecule has 0 bridgehead atoms. The average molecular weight is 248 g/mol. The molecule has 1 aromatic heterocycles. The largest absolute Gasteiger partial charge is 0.494 e. The van der Waals surface area contributed by atoms with Crippen LogP contribution in [0.5, 0.6) is 5.75 Å². The molecule has 0 aliphatic heterocycles. The van der Waals surface area contributed by atoms with Crippen molar-refractivity contribution in [3.8, 4) is 5.75 Å². The first-order valence-corrected chi connectivity index (χ1v) is 6.10. The first kappa shape index (κ1) is 12.4.